The summed E-state index contributed by atoms with van der Waals surface area (Å²) in [5, 5.41) is 7.23. The molecule has 5 rings (SSSR count). The summed E-state index contributed by atoms with van der Waals surface area (Å²) in [5.74, 6) is -0.476. The third kappa shape index (κ3) is 4.46. The highest BCUT2D eigenvalue weighted by molar-refractivity contribution is 6.32. The Morgan fingerprint density at radius 2 is 1.85 bits per heavy atom. The molecule has 1 N–H and O–H groups in total. The lowest BCUT2D eigenvalue weighted by Crippen LogP contribution is -2.34. The number of hydrogen-bond donors (Lipinski definition) is 1. The highest BCUT2D eigenvalue weighted by Gasteiger charge is 2.44. The van der Waals surface area contributed by atoms with Crippen molar-refractivity contribution in [3.05, 3.63) is 70.5 Å². The van der Waals surface area contributed by atoms with E-state index in [1.165, 1.54) is 4.68 Å². The fourth-order valence-electron chi connectivity index (χ4n) is 4.34. The summed E-state index contributed by atoms with van der Waals surface area (Å²) in [7, 11) is 0. The molecule has 1 spiro atoms. The van der Waals surface area contributed by atoms with Crippen molar-refractivity contribution in [2.45, 2.75) is 44.9 Å². The van der Waals surface area contributed by atoms with Crippen LogP contribution in [0.25, 0.3) is 0 Å². The third-order valence-electron chi connectivity index (χ3n) is 5.96. The van der Waals surface area contributed by atoms with Gasteiger partial charge in [-0.25, -0.2) is 9.48 Å². The Morgan fingerprint density at radius 3 is 2.62 bits per heavy atom. The summed E-state index contributed by atoms with van der Waals surface area (Å²) in [4.78, 5) is 25.0. The van der Waals surface area contributed by atoms with Gasteiger partial charge < -0.3 is 19.5 Å². The van der Waals surface area contributed by atoms with E-state index in [2.05, 4.69) is 10.4 Å². The van der Waals surface area contributed by atoms with Crippen molar-refractivity contribution in [1.82, 2.24) is 9.78 Å². The topological polar surface area (TPSA) is 91.7 Å². The SMILES string of the molecule is Cc1nn(Cc2ccccc2)c(Cl)c1C(=O)OCC(=O)Nc1ccc2c(c1)OC1(CCCC1)O2. The van der Waals surface area contributed by atoms with Gasteiger partial charge in [-0.05, 0) is 37.5 Å². The van der Waals surface area contributed by atoms with Gasteiger partial charge in [0.25, 0.3) is 11.7 Å². The first kappa shape index (κ1) is 22.3. The average Bonchev–Trinajstić information content (AvgIpc) is 3.50. The molecule has 8 nitrogen and oxygen atoms in total. The van der Waals surface area contributed by atoms with E-state index in [1.807, 2.05) is 30.3 Å². The molecule has 1 saturated carbocycles. The summed E-state index contributed by atoms with van der Waals surface area (Å²) >= 11 is 6.40. The number of fused-ring (bicyclic) bond motifs is 1. The summed E-state index contributed by atoms with van der Waals surface area (Å²) < 4.78 is 18.7. The molecule has 1 aromatic heterocycles. The van der Waals surface area contributed by atoms with Gasteiger partial charge in [0, 0.05) is 24.6 Å². The number of carbonyl (C=O) groups is 2. The minimum Gasteiger partial charge on any atom is -0.452 e. The van der Waals surface area contributed by atoms with Crippen molar-refractivity contribution in [2.24, 2.45) is 0 Å². The van der Waals surface area contributed by atoms with Gasteiger partial charge in [-0.15, -0.1) is 0 Å². The van der Waals surface area contributed by atoms with Gasteiger partial charge in [0.05, 0.1) is 12.2 Å². The number of hydrogen-bond acceptors (Lipinski definition) is 6. The van der Waals surface area contributed by atoms with E-state index < -0.39 is 24.3 Å². The Balaban J connectivity index is 1.18. The maximum absolute atomic E-state index is 12.6. The number of nitrogens with zero attached hydrogens (tertiary/aromatic N) is 2. The van der Waals surface area contributed by atoms with Crippen LogP contribution in [-0.2, 0) is 16.1 Å². The number of ether oxygens (including phenoxy) is 3. The zero-order valence-electron chi connectivity index (χ0n) is 18.7. The van der Waals surface area contributed by atoms with Gasteiger partial charge in [-0.2, -0.15) is 5.10 Å². The Labute approximate surface area is 201 Å². The fourth-order valence-corrected chi connectivity index (χ4v) is 4.65. The lowest BCUT2D eigenvalue weighted by atomic mass is 10.2. The molecule has 3 aromatic rings. The Kier molecular flexibility index (Phi) is 5.91. The minimum absolute atomic E-state index is 0.148. The van der Waals surface area contributed by atoms with Crippen LogP contribution < -0.4 is 14.8 Å². The quantitative estimate of drug-likeness (QED) is 0.512. The second-order valence-electron chi connectivity index (χ2n) is 8.50. The number of halogens is 1. The van der Waals surface area contributed by atoms with Crippen molar-refractivity contribution in [3.8, 4) is 11.5 Å². The lowest BCUT2D eigenvalue weighted by molar-refractivity contribution is -0.119. The molecule has 0 bridgehead atoms. The first-order chi connectivity index (χ1) is 16.4. The van der Waals surface area contributed by atoms with Crippen LogP contribution >= 0.6 is 11.6 Å². The molecule has 1 amide bonds. The summed E-state index contributed by atoms with van der Waals surface area (Å²) in [6.07, 6.45) is 3.83. The molecule has 2 heterocycles. The van der Waals surface area contributed by atoms with Gasteiger partial charge in [-0.1, -0.05) is 41.9 Å². The summed E-state index contributed by atoms with van der Waals surface area (Å²) in [6, 6.07) is 14.9. The van der Waals surface area contributed by atoms with Crippen molar-refractivity contribution in [2.75, 3.05) is 11.9 Å². The largest absolute Gasteiger partial charge is 0.452 e. The predicted molar refractivity (Wildman–Crippen MR) is 125 cm³/mol. The molecule has 1 fully saturated rings. The van der Waals surface area contributed by atoms with Crippen LogP contribution in [-0.4, -0.2) is 34.1 Å². The van der Waals surface area contributed by atoms with E-state index in [1.54, 1.807) is 25.1 Å². The number of benzene rings is 2. The fraction of sp³-hybridized carbons (Fsp3) is 0.320. The van der Waals surface area contributed by atoms with E-state index in [0.717, 1.165) is 31.2 Å². The number of anilines is 1. The molecular weight excluding hydrogens is 458 g/mol. The maximum Gasteiger partial charge on any atom is 0.343 e. The molecule has 0 saturated heterocycles. The van der Waals surface area contributed by atoms with Crippen LogP contribution in [0.3, 0.4) is 0 Å². The monoisotopic (exact) mass is 481 g/mol. The zero-order chi connectivity index (χ0) is 23.7. The van der Waals surface area contributed by atoms with Crippen molar-refractivity contribution >= 4 is 29.2 Å². The summed E-state index contributed by atoms with van der Waals surface area (Å²) in [6.45, 7) is 1.63. The number of aromatic nitrogens is 2. The number of rotatable bonds is 6. The van der Waals surface area contributed by atoms with Crippen LogP contribution in [0, 0.1) is 6.92 Å². The molecule has 176 valence electrons. The van der Waals surface area contributed by atoms with E-state index in [-0.39, 0.29) is 10.7 Å². The molecule has 0 atom stereocenters. The highest BCUT2D eigenvalue weighted by atomic mass is 35.5. The Bertz CT molecular complexity index is 1230. The predicted octanol–water partition coefficient (Wildman–Crippen LogP) is 4.73. The number of nitrogens with one attached hydrogen (secondary N) is 1. The van der Waals surface area contributed by atoms with E-state index in [0.29, 0.717) is 29.4 Å². The van der Waals surface area contributed by atoms with Crippen LogP contribution in [0.15, 0.2) is 48.5 Å². The zero-order valence-corrected chi connectivity index (χ0v) is 19.4. The molecule has 1 aliphatic carbocycles. The molecule has 0 unspecified atom stereocenters. The standard InChI is InChI=1S/C25H24ClN3O5/c1-16-22(23(26)29(28-16)14-17-7-3-2-4-8-17)24(31)32-15-21(30)27-18-9-10-19-20(13-18)34-25(33-19)11-5-6-12-25/h2-4,7-10,13H,5-6,11-12,14-15H2,1H3,(H,27,30). The number of amides is 1. The van der Waals surface area contributed by atoms with Gasteiger partial charge in [-0.3, -0.25) is 4.79 Å². The molecule has 1 aliphatic heterocycles. The first-order valence-corrected chi connectivity index (χ1v) is 11.6. The second kappa shape index (κ2) is 9.02. The molecule has 34 heavy (non-hydrogen) atoms. The van der Waals surface area contributed by atoms with Gasteiger partial charge in [0.1, 0.15) is 10.7 Å². The first-order valence-electron chi connectivity index (χ1n) is 11.2. The number of carbonyl (C=O) groups excluding carboxylic acids is 2. The maximum atomic E-state index is 12.6. The lowest BCUT2D eigenvalue weighted by Gasteiger charge is -2.21. The average molecular weight is 482 g/mol. The van der Waals surface area contributed by atoms with Gasteiger partial charge in [0.15, 0.2) is 18.1 Å². The van der Waals surface area contributed by atoms with Crippen LogP contribution in [0.1, 0.15) is 47.3 Å². The Hall–Kier alpha value is -3.52. The van der Waals surface area contributed by atoms with Crippen molar-refractivity contribution < 1.29 is 23.8 Å². The molecule has 0 radical (unpaired) electrons. The molecule has 9 heteroatoms. The summed E-state index contributed by atoms with van der Waals surface area (Å²) in [5.41, 5.74) is 2.11. The van der Waals surface area contributed by atoms with Crippen LogP contribution in [0.5, 0.6) is 11.5 Å². The van der Waals surface area contributed by atoms with Gasteiger partial charge in [0.2, 0.25) is 0 Å². The van der Waals surface area contributed by atoms with E-state index in [9.17, 15) is 9.59 Å². The Morgan fingerprint density at radius 1 is 1.12 bits per heavy atom. The van der Waals surface area contributed by atoms with Crippen molar-refractivity contribution in [1.29, 1.82) is 0 Å². The molecular formula is C25H24ClN3O5. The van der Waals surface area contributed by atoms with Crippen molar-refractivity contribution in [3.63, 3.8) is 0 Å². The smallest absolute Gasteiger partial charge is 0.343 e. The minimum atomic E-state index is -0.703. The molecule has 2 aliphatic rings. The van der Waals surface area contributed by atoms with E-state index in [4.69, 9.17) is 25.8 Å². The van der Waals surface area contributed by atoms with E-state index >= 15 is 0 Å². The highest BCUT2D eigenvalue weighted by Crippen LogP contribution is 2.47. The normalized spacial score (nSPS) is 15.5. The third-order valence-corrected chi connectivity index (χ3v) is 6.35. The number of esters is 1. The van der Waals surface area contributed by atoms with Crippen LogP contribution in [0.2, 0.25) is 5.15 Å². The van der Waals surface area contributed by atoms with Gasteiger partial charge >= 0.3 is 5.97 Å². The number of aryl methyl sites for hydroxylation is 1. The second-order valence-corrected chi connectivity index (χ2v) is 8.86. The molecule has 2 aromatic carbocycles. The van der Waals surface area contributed by atoms with Crippen LogP contribution in [0.4, 0.5) is 5.69 Å².